The van der Waals surface area contributed by atoms with E-state index < -0.39 is 0 Å². The van der Waals surface area contributed by atoms with Crippen molar-refractivity contribution in [2.75, 3.05) is 31.5 Å². The smallest absolute Gasteiger partial charge is 0.123 e. The van der Waals surface area contributed by atoms with Gasteiger partial charge in [0.2, 0.25) is 0 Å². The summed E-state index contributed by atoms with van der Waals surface area (Å²) in [5, 5.41) is 1.08. The molecule has 2 fully saturated rings. The van der Waals surface area contributed by atoms with Gasteiger partial charge in [-0.2, -0.15) is 0 Å². The molecule has 2 heterocycles. The van der Waals surface area contributed by atoms with Gasteiger partial charge in [0.1, 0.15) is 6.29 Å². The fraction of sp³-hybridized carbons (Fsp3) is 0.929. The molecule has 104 valence electrons. The molecular weight excluding hydrogens is 292 g/mol. The Morgan fingerprint density at radius 3 is 2.61 bits per heavy atom. The molecule has 0 saturated carbocycles. The van der Waals surface area contributed by atoms with Crippen LogP contribution in [0.1, 0.15) is 38.5 Å². The summed E-state index contributed by atoms with van der Waals surface area (Å²) in [4.78, 5) is 16.3. The Hall–Kier alpha value is 0.0700. The Morgan fingerprint density at radius 1 is 1.17 bits per heavy atom. The first-order valence-corrected chi connectivity index (χ1v) is 8.46. The van der Waals surface area contributed by atoms with E-state index in [9.17, 15) is 4.79 Å². The SMILES string of the molecule is O=CC1CCN(CCCBr)C(N2CCCCC2)C1. The Bertz CT molecular complexity index is 256. The average molecular weight is 317 g/mol. The van der Waals surface area contributed by atoms with E-state index in [0.29, 0.717) is 6.17 Å². The summed E-state index contributed by atoms with van der Waals surface area (Å²) in [6.07, 6.45) is 9.04. The molecule has 0 aliphatic carbocycles. The molecule has 0 spiro atoms. The summed E-state index contributed by atoms with van der Waals surface area (Å²) in [7, 11) is 0. The van der Waals surface area contributed by atoms with Crippen LogP contribution in [-0.2, 0) is 4.79 Å². The second-order valence-corrected chi connectivity index (χ2v) is 6.37. The number of alkyl halides is 1. The third kappa shape index (κ3) is 3.78. The number of likely N-dealkylation sites (tertiary alicyclic amines) is 2. The fourth-order valence-electron chi connectivity index (χ4n) is 3.26. The molecule has 0 aromatic rings. The summed E-state index contributed by atoms with van der Waals surface area (Å²) in [5.41, 5.74) is 0. The van der Waals surface area contributed by atoms with Crippen molar-refractivity contribution in [3.8, 4) is 0 Å². The van der Waals surface area contributed by atoms with Gasteiger partial charge >= 0.3 is 0 Å². The number of rotatable bonds is 5. The number of carbonyl (C=O) groups excluding carboxylic acids is 1. The van der Waals surface area contributed by atoms with Gasteiger partial charge in [-0.05, 0) is 45.2 Å². The lowest BCUT2D eigenvalue weighted by molar-refractivity contribution is -0.115. The lowest BCUT2D eigenvalue weighted by Crippen LogP contribution is -2.54. The van der Waals surface area contributed by atoms with E-state index in [4.69, 9.17) is 0 Å². The highest BCUT2D eigenvalue weighted by atomic mass is 79.9. The topological polar surface area (TPSA) is 23.6 Å². The lowest BCUT2D eigenvalue weighted by atomic mass is 9.94. The highest BCUT2D eigenvalue weighted by Gasteiger charge is 2.32. The summed E-state index contributed by atoms with van der Waals surface area (Å²) >= 11 is 3.52. The fourth-order valence-corrected chi connectivity index (χ4v) is 3.51. The van der Waals surface area contributed by atoms with Crippen LogP contribution >= 0.6 is 15.9 Å². The average Bonchev–Trinajstić information content (AvgIpc) is 2.46. The predicted octanol–water partition coefficient (Wildman–Crippen LogP) is 2.49. The molecule has 2 aliphatic rings. The number of nitrogens with zero attached hydrogens (tertiary/aromatic N) is 2. The third-order valence-corrected chi connectivity index (χ3v) is 4.87. The minimum Gasteiger partial charge on any atom is -0.303 e. The van der Waals surface area contributed by atoms with Crippen molar-refractivity contribution in [3.63, 3.8) is 0 Å². The van der Waals surface area contributed by atoms with Gasteiger partial charge in [-0.3, -0.25) is 9.80 Å². The van der Waals surface area contributed by atoms with Gasteiger partial charge in [0.15, 0.2) is 0 Å². The lowest BCUT2D eigenvalue weighted by Gasteiger charge is -2.45. The van der Waals surface area contributed by atoms with Crippen molar-refractivity contribution in [2.24, 2.45) is 5.92 Å². The van der Waals surface area contributed by atoms with Crippen LogP contribution in [0, 0.1) is 5.92 Å². The van der Waals surface area contributed by atoms with Crippen LogP contribution in [0.3, 0.4) is 0 Å². The predicted molar refractivity (Wildman–Crippen MR) is 78.0 cm³/mol. The molecule has 0 aromatic carbocycles. The van der Waals surface area contributed by atoms with Crippen LogP contribution in [0.2, 0.25) is 0 Å². The second kappa shape index (κ2) is 7.61. The number of hydrogen-bond donors (Lipinski definition) is 0. The van der Waals surface area contributed by atoms with E-state index in [-0.39, 0.29) is 5.92 Å². The van der Waals surface area contributed by atoms with E-state index in [1.54, 1.807) is 0 Å². The first kappa shape index (κ1) is 14.5. The highest BCUT2D eigenvalue weighted by molar-refractivity contribution is 9.09. The maximum Gasteiger partial charge on any atom is 0.123 e. The molecule has 0 aromatic heterocycles. The second-order valence-electron chi connectivity index (χ2n) is 5.58. The molecule has 18 heavy (non-hydrogen) atoms. The Labute approximate surface area is 119 Å². The zero-order chi connectivity index (χ0) is 12.8. The van der Waals surface area contributed by atoms with Gasteiger partial charge in [0, 0.05) is 24.3 Å². The summed E-state index contributed by atoms with van der Waals surface area (Å²) < 4.78 is 0. The molecule has 2 saturated heterocycles. The number of piperidine rings is 2. The number of halogens is 1. The van der Waals surface area contributed by atoms with Crippen LogP contribution in [0.5, 0.6) is 0 Å². The summed E-state index contributed by atoms with van der Waals surface area (Å²) in [6, 6.07) is 0. The summed E-state index contributed by atoms with van der Waals surface area (Å²) in [5.74, 6) is 0.289. The zero-order valence-electron chi connectivity index (χ0n) is 11.2. The molecule has 0 bridgehead atoms. The number of aldehydes is 1. The Kier molecular flexibility index (Phi) is 6.12. The number of carbonyl (C=O) groups is 1. The standard InChI is InChI=1S/C14H25BrN2O/c15-6-4-9-17-10-5-13(12-18)11-14(17)16-7-2-1-3-8-16/h12-14H,1-11H2. The largest absolute Gasteiger partial charge is 0.303 e. The van der Waals surface area contributed by atoms with Crippen molar-refractivity contribution in [1.82, 2.24) is 9.80 Å². The Balaban J connectivity index is 1.95. The van der Waals surface area contributed by atoms with Gasteiger partial charge in [0.25, 0.3) is 0 Å². The Morgan fingerprint density at radius 2 is 1.94 bits per heavy atom. The van der Waals surface area contributed by atoms with Gasteiger partial charge in [-0.25, -0.2) is 0 Å². The first-order chi connectivity index (χ1) is 8.85. The minimum absolute atomic E-state index is 0.289. The molecule has 2 rings (SSSR count). The maximum absolute atomic E-state index is 11.1. The summed E-state index contributed by atoms with van der Waals surface area (Å²) in [6.45, 7) is 4.71. The molecular formula is C14H25BrN2O. The van der Waals surface area contributed by atoms with Crippen molar-refractivity contribution in [1.29, 1.82) is 0 Å². The molecule has 0 radical (unpaired) electrons. The quantitative estimate of drug-likeness (QED) is 0.575. The third-order valence-electron chi connectivity index (χ3n) is 4.31. The van der Waals surface area contributed by atoms with Crippen molar-refractivity contribution < 1.29 is 4.79 Å². The van der Waals surface area contributed by atoms with Gasteiger partial charge in [0.05, 0.1) is 6.17 Å². The van der Waals surface area contributed by atoms with E-state index >= 15 is 0 Å². The monoisotopic (exact) mass is 316 g/mol. The van der Waals surface area contributed by atoms with E-state index in [1.165, 1.54) is 45.1 Å². The molecule has 2 atom stereocenters. The van der Waals surface area contributed by atoms with Crippen LogP contribution in [0.25, 0.3) is 0 Å². The van der Waals surface area contributed by atoms with Crippen molar-refractivity contribution in [2.45, 2.75) is 44.7 Å². The normalized spacial score (nSPS) is 31.4. The van der Waals surface area contributed by atoms with E-state index in [2.05, 4.69) is 25.7 Å². The van der Waals surface area contributed by atoms with E-state index in [0.717, 1.165) is 31.3 Å². The molecule has 4 heteroatoms. The minimum atomic E-state index is 0.289. The van der Waals surface area contributed by atoms with Gasteiger partial charge in [-0.15, -0.1) is 0 Å². The first-order valence-electron chi connectivity index (χ1n) is 7.34. The van der Waals surface area contributed by atoms with Gasteiger partial charge in [-0.1, -0.05) is 22.4 Å². The van der Waals surface area contributed by atoms with Crippen molar-refractivity contribution >= 4 is 22.2 Å². The molecule has 2 unspecified atom stereocenters. The highest BCUT2D eigenvalue weighted by Crippen LogP contribution is 2.26. The zero-order valence-corrected chi connectivity index (χ0v) is 12.8. The molecule has 3 nitrogen and oxygen atoms in total. The number of hydrogen-bond acceptors (Lipinski definition) is 3. The van der Waals surface area contributed by atoms with Gasteiger partial charge < -0.3 is 4.79 Å². The van der Waals surface area contributed by atoms with Crippen LogP contribution in [0.15, 0.2) is 0 Å². The van der Waals surface area contributed by atoms with Crippen LogP contribution in [-0.4, -0.2) is 53.8 Å². The van der Waals surface area contributed by atoms with Crippen molar-refractivity contribution in [3.05, 3.63) is 0 Å². The molecule has 0 amide bonds. The van der Waals surface area contributed by atoms with Crippen LogP contribution in [0.4, 0.5) is 0 Å². The molecule has 0 N–H and O–H groups in total. The van der Waals surface area contributed by atoms with E-state index in [1.807, 2.05) is 0 Å². The molecule has 2 aliphatic heterocycles. The van der Waals surface area contributed by atoms with Crippen LogP contribution < -0.4 is 0 Å². The maximum atomic E-state index is 11.1.